The van der Waals surface area contributed by atoms with Gasteiger partial charge in [0.2, 0.25) is 0 Å². The highest BCUT2D eigenvalue weighted by Gasteiger charge is 2.21. The lowest BCUT2D eigenvalue weighted by molar-refractivity contribution is -0.150. The Morgan fingerprint density at radius 2 is 2.31 bits per heavy atom. The highest BCUT2D eigenvalue weighted by Crippen LogP contribution is 2.26. The maximum absolute atomic E-state index is 11.1. The van der Waals surface area contributed by atoms with Crippen LogP contribution in [0.15, 0.2) is 30.5 Å². The van der Waals surface area contributed by atoms with E-state index in [4.69, 9.17) is 9.84 Å². The van der Waals surface area contributed by atoms with Gasteiger partial charge in [-0.3, -0.25) is 0 Å². The van der Waals surface area contributed by atoms with E-state index in [1.807, 2.05) is 18.2 Å². The third-order valence-corrected chi connectivity index (χ3v) is 2.47. The largest absolute Gasteiger partial charge is 0.479 e. The number of aliphatic carboxylic acids is 1. The molecule has 1 aromatic carbocycles. The van der Waals surface area contributed by atoms with Crippen molar-refractivity contribution in [2.45, 2.75) is 13.0 Å². The third kappa shape index (κ3) is 1.79. The summed E-state index contributed by atoms with van der Waals surface area (Å²) in [6.45, 7) is 2.16. The van der Waals surface area contributed by atoms with E-state index in [1.54, 1.807) is 19.2 Å². The Morgan fingerprint density at radius 1 is 1.50 bits per heavy atom. The summed E-state index contributed by atoms with van der Waals surface area (Å²) in [4.78, 5) is 14.2. The van der Waals surface area contributed by atoms with Crippen LogP contribution >= 0.6 is 0 Å². The SMILES string of the molecule is CCOC(C(=O)O)c1cccc2[nH]ccc12. The lowest BCUT2D eigenvalue weighted by atomic mass is 10.0. The lowest BCUT2D eigenvalue weighted by Crippen LogP contribution is -2.15. The zero-order valence-corrected chi connectivity index (χ0v) is 8.93. The molecule has 2 aromatic rings. The summed E-state index contributed by atoms with van der Waals surface area (Å²) in [6, 6.07) is 7.37. The summed E-state index contributed by atoms with van der Waals surface area (Å²) < 4.78 is 5.25. The Morgan fingerprint density at radius 3 is 3.00 bits per heavy atom. The number of nitrogens with one attached hydrogen (secondary N) is 1. The molecule has 0 aliphatic rings. The zero-order chi connectivity index (χ0) is 11.5. The molecule has 0 amide bonds. The van der Waals surface area contributed by atoms with Crippen molar-refractivity contribution >= 4 is 16.9 Å². The fourth-order valence-electron chi connectivity index (χ4n) is 1.80. The molecule has 4 nitrogen and oxygen atoms in total. The van der Waals surface area contributed by atoms with Crippen molar-refractivity contribution in [1.29, 1.82) is 0 Å². The van der Waals surface area contributed by atoms with E-state index in [1.165, 1.54) is 0 Å². The quantitative estimate of drug-likeness (QED) is 0.829. The van der Waals surface area contributed by atoms with Crippen molar-refractivity contribution in [3.63, 3.8) is 0 Å². The minimum absolute atomic E-state index is 0.373. The molecular weight excluding hydrogens is 206 g/mol. The number of carboxylic acids is 1. The van der Waals surface area contributed by atoms with Crippen molar-refractivity contribution in [1.82, 2.24) is 4.98 Å². The van der Waals surface area contributed by atoms with Crippen LogP contribution in [0.1, 0.15) is 18.6 Å². The van der Waals surface area contributed by atoms with Gasteiger partial charge >= 0.3 is 5.97 Å². The Balaban J connectivity index is 2.51. The second-order valence-electron chi connectivity index (χ2n) is 3.46. The van der Waals surface area contributed by atoms with Gasteiger partial charge < -0.3 is 14.8 Å². The summed E-state index contributed by atoms with van der Waals surface area (Å²) in [5.74, 6) is -0.962. The molecule has 2 N–H and O–H groups in total. The number of carboxylic acid groups (broad SMARTS) is 1. The smallest absolute Gasteiger partial charge is 0.337 e. The van der Waals surface area contributed by atoms with Gasteiger partial charge in [-0.2, -0.15) is 0 Å². The van der Waals surface area contributed by atoms with Crippen LogP contribution < -0.4 is 0 Å². The zero-order valence-electron chi connectivity index (χ0n) is 8.93. The molecule has 1 unspecified atom stereocenters. The molecule has 0 bridgehead atoms. The summed E-state index contributed by atoms with van der Waals surface area (Å²) in [5.41, 5.74) is 1.61. The van der Waals surface area contributed by atoms with Crippen LogP contribution in [-0.2, 0) is 9.53 Å². The summed E-state index contributed by atoms with van der Waals surface area (Å²) in [6.07, 6.45) is 0.892. The first-order chi connectivity index (χ1) is 7.74. The van der Waals surface area contributed by atoms with Crippen LogP contribution in [0, 0.1) is 0 Å². The summed E-state index contributed by atoms with van der Waals surface area (Å²) in [7, 11) is 0. The second-order valence-corrected chi connectivity index (χ2v) is 3.46. The molecule has 1 aromatic heterocycles. The van der Waals surface area contributed by atoms with Gasteiger partial charge in [-0.05, 0) is 19.1 Å². The van der Waals surface area contributed by atoms with Gasteiger partial charge in [0.1, 0.15) is 0 Å². The normalized spacial score (nSPS) is 12.8. The number of fused-ring (bicyclic) bond motifs is 1. The molecule has 0 saturated heterocycles. The Labute approximate surface area is 92.9 Å². The van der Waals surface area contributed by atoms with Crippen molar-refractivity contribution in [2.75, 3.05) is 6.61 Å². The molecule has 2 rings (SSSR count). The van der Waals surface area contributed by atoms with Crippen LogP contribution in [0.5, 0.6) is 0 Å². The average molecular weight is 219 g/mol. The second kappa shape index (κ2) is 4.37. The van der Waals surface area contributed by atoms with Gasteiger partial charge in [0.15, 0.2) is 6.10 Å². The minimum Gasteiger partial charge on any atom is -0.479 e. The average Bonchev–Trinajstić information content (AvgIpc) is 2.73. The van der Waals surface area contributed by atoms with E-state index in [-0.39, 0.29) is 0 Å². The number of hydrogen-bond donors (Lipinski definition) is 2. The van der Waals surface area contributed by atoms with Crippen molar-refractivity contribution in [2.24, 2.45) is 0 Å². The molecule has 1 atom stereocenters. The van der Waals surface area contributed by atoms with Crippen LogP contribution in [-0.4, -0.2) is 22.7 Å². The van der Waals surface area contributed by atoms with Crippen LogP contribution in [0.2, 0.25) is 0 Å². The molecule has 0 spiro atoms. The maximum Gasteiger partial charge on any atom is 0.337 e. The third-order valence-electron chi connectivity index (χ3n) is 2.47. The maximum atomic E-state index is 11.1. The van der Waals surface area contributed by atoms with E-state index in [9.17, 15) is 4.79 Å². The molecule has 0 fully saturated rings. The number of carbonyl (C=O) groups is 1. The van der Waals surface area contributed by atoms with E-state index in [2.05, 4.69) is 4.98 Å². The molecule has 1 heterocycles. The van der Waals surface area contributed by atoms with E-state index in [0.717, 1.165) is 10.9 Å². The molecule has 0 radical (unpaired) electrons. The lowest BCUT2D eigenvalue weighted by Gasteiger charge is -2.13. The fraction of sp³-hybridized carbons (Fsp3) is 0.250. The van der Waals surface area contributed by atoms with Gasteiger partial charge in [0, 0.05) is 29.3 Å². The summed E-state index contributed by atoms with van der Waals surface area (Å²) >= 11 is 0. The number of aromatic amines is 1. The number of rotatable bonds is 4. The van der Waals surface area contributed by atoms with Crippen molar-refractivity contribution in [3.8, 4) is 0 Å². The van der Waals surface area contributed by atoms with Crippen LogP contribution in [0.3, 0.4) is 0 Å². The molecular formula is C12H13NO3. The predicted octanol–water partition coefficient (Wildman–Crippen LogP) is 2.33. The number of hydrogen-bond acceptors (Lipinski definition) is 2. The fourth-order valence-corrected chi connectivity index (χ4v) is 1.80. The molecule has 0 aliphatic heterocycles. The monoisotopic (exact) mass is 219 g/mol. The van der Waals surface area contributed by atoms with Crippen LogP contribution in [0.25, 0.3) is 10.9 Å². The van der Waals surface area contributed by atoms with Crippen molar-refractivity contribution < 1.29 is 14.6 Å². The standard InChI is InChI=1S/C12H13NO3/c1-2-16-11(12(14)15)9-4-3-5-10-8(9)6-7-13-10/h3-7,11,13H,2H2,1H3,(H,14,15). The van der Waals surface area contributed by atoms with E-state index in [0.29, 0.717) is 12.2 Å². The number of aromatic nitrogens is 1. The topological polar surface area (TPSA) is 62.3 Å². The van der Waals surface area contributed by atoms with Crippen molar-refractivity contribution in [3.05, 3.63) is 36.0 Å². The van der Waals surface area contributed by atoms with E-state index < -0.39 is 12.1 Å². The molecule has 84 valence electrons. The Hall–Kier alpha value is -1.81. The van der Waals surface area contributed by atoms with Gasteiger partial charge in [-0.15, -0.1) is 0 Å². The van der Waals surface area contributed by atoms with E-state index >= 15 is 0 Å². The Bertz CT molecular complexity index is 504. The molecule has 0 saturated carbocycles. The number of benzene rings is 1. The predicted molar refractivity (Wildman–Crippen MR) is 60.3 cm³/mol. The van der Waals surface area contributed by atoms with Gasteiger partial charge in [-0.25, -0.2) is 4.79 Å². The van der Waals surface area contributed by atoms with Gasteiger partial charge in [0.05, 0.1) is 0 Å². The summed E-state index contributed by atoms with van der Waals surface area (Å²) in [5, 5.41) is 10.0. The highest BCUT2D eigenvalue weighted by molar-refractivity contribution is 5.88. The first-order valence-corrected chi connectivity index (χ1v) is 5.14. The number of ether oxygens (including phenoxy) is 1. The highest BCUT2D eigenvalue weighted by atomic mass is 16.5. The minimum atomic E-state index is -0.962. The molecule has 16 heavy (non-hydrogen) atoms. The molecule has 4 heteroatoms. The first-order valence-electron chi connectivity index (χ1n) is 5.14. The van der Waals surface area contributed by atoms with Crippen LogP contribution in [0.4, 0.5) is 0 Å². The van der Waals surface area contributed by atoms with Gasteiger partial charge in [-0.1, -0.05) is 12.1 Å². The first kappa shape index (κ1) is 10.7. The Kier molecular flexibility index (Phi) is 2.92. The molecule has 0 aliphatic carbocycles. The van der Waals surface area contributed by atoms with Gasteiger partial charge in [0.25, 0.3) is 0 Å². The number of H-pyrrole nitrogens is 1.